The molecule has 0 amide bonds. The number of esters is 1. The number of aromatic nitrogens is 4. The Morgan fingerprint density at radius 1 is 1.31 bits per heavy atom. The zero-order valence-electron chi connectivity index (χ0n) is 18.6. The van der Waals surface area contributed by atoms with Crippen molar-refractivity contribution in [2.45, 2.75) is 18.9 Å². The van der Waals surface area contributed by atoms with Crippen molar-refractivity contribution in [1.29, 1.82) is 5.26 Å². The van der Waals surface area contributed by atoms with Crippen molar-refractivity contribution in [3.8, 4) is 34.2 Å². The number of nitrogens with zero attached hydrogens (tertiary/aromatic N) is 4. The van der Waals surface area contributed by atoms with Crippen molar-refractivity contribution in [2.75, 3.05) is 7.11 Å². The van der Waals surface area contributed by atoms with Gasteiger partial charge in [0.05, 0.1) is 41.1 Å². The average Bonchev–Trinajstić information content (AvgIpc) is 3.59. The number of nitriles is 1. The molecule has 0 spiro atoms. The van der Waals surface area contributed by atoms with Gasteiger partial charge >= 0.3 is 5.97 Å². The number of H-pyrrole nitrogens is 1. The minimum atomic E-state index is -0.787. The van der Waals surface area contributed by atoms with Gasteiger partial charge in [-0.15, -0.1) is 0 Å². The standard InChI is InChI=1S/C24H17ClFN5O4/c1-31-22(19-15(9-27)18(35-12-4-5-12)8-17(25)20(19)26)16(10-28-31)11-3-6-13-14(7-11)21(24(33)34-2)29-30-23(13)32/h3,6-8,10,12H,4-5H2,1-2H3,(H,30,32). The van der Waals surface area contributed by atoms with Crippen molar-refractivity contribution in [3.05, 3.63) is 62.9 Å². The Balaban J connectivity index is 1.76. The van der Waals surface area contributed by atoms with Crippen molar-refractivity contribution in [2.24, 2.45) is 7.05 Å². The Kier molecular flexibility index (Phi) is 5.49. The molecule has 11 heteroatoms. The first-order valence-electron chi connectivity index (χ1n) is 10.6. The van der Waals surface area contributed by atoms with Gasteiger partial charge in [0.2, 0.25) is 0 Å². The van der Waals surface area contributed by atoms with Crippen molar-refractivity contribution >= 4 is 28.3 Å². The second-order valence-electron chi connectivity index (χ2n) is 8.03. The number of methoxy groups -OCH3 is 1. The van der Waals surface area contributed by atoms with Gasteiger partial charge in [0, 0.05) is 24.1 Å². The van der Waals surface area contributed by atoms with E-state index in [1.165, 1.54) is 30.1 Å². The summed E-state index contributed by atoms with van der Waals surface area (Å²) < 4.78 is 27.5. The average molecular weight is 494 g/mol. The molecule has 176 valence electrons. The fourth-order valence-corrected chi connectivity index (χ4v) is 4.12. The van der Waals surface area contributed by atoms with Gasteiger partial charge in [0.1, 0.15) is 17.4 Å². The molecule has 5 rings (SSSR count). The molecule has 2 aromatic carbocycles. The highest BCUT2D eigenvalue weighted by Crippen LogP contribution is 2.43. The number of fused-ring (bicyclic) bond motifs is 1. The van der Waals surface area contributed by atoms with Gasteiger partial charge < -0.3 is 9.47 Å². The van der Waals surface area contributed by atoms with Gasteiger partial charge in [-0.05, 0) is 30.5 Å². The highest BCUT2D eigenvalue weighted by Gasteiger charge is 2.30. The summed E-state index contributed by atoms with van der Waals surface area (Å²) >= 11 is 6.19. The Hall–Kier alpha value is -4.23. The number of benzene rings is 2. The first-order valence-corrected chi connectivity index (χ1v) is 10.9. The van der Waals surface area contributed by atoms with Crippen LogP contribution in [-0.4, -0.2) is 39.2 Å². The van der Waals surface area contributed by atoms with E-state index in [4.69, 9.17) is 21.1 Å². The van der Waals surface area contributed by atoms with E-state index in [1.807, 2.05) is 6.07 Å². The summed E-state index contributed by atoms with van der Waals surface area (Å²) in [5.41, 5.74) is 0.604. The van der Waals surface area contributed by atoms with Crippen molar-refractivity contribution < 1.29 is 18.7 Å². The summed E-state index contributed by atoms with van der Waals surface area (Å²) in [4.78, 5) is 24.5. The number of halogens is 2. The van der Waals surface area contributed by atoms with Gasteiger partial charge in [0.25, 0.3) is 5.56 Å². The van der Waals surface area contributed by atoms with E-state index in [0.717, 1.165) is 12.8 Å². The number of carbonyl (C=O) groups excluding carboxylic acids is 1. The van der Waals surface area contributed by atoms with Crippen LogP contribution in [0.3, 0.4) is 0 Å². The van der Waals surface area contributed by atoms with Crippen LogP contribution in [0.5, 0.6) is 5.75 Å². The van der Waals surface area contributed by atoms with Crippen LogP contribution in [0.2, 0.25) is 5.02 Å². The van der Waals surface area contributed by atoms with E-state index in [2.05, 4.69) is 15.3 Å². The molecule has 0 aliphatic heterocycles. The quantitative estimate of drug-likeness (QED) is 0.417. The van der Waals surface area contributed by atoms with Crippen molar-refractivity contribution in [3.63, 3.8) is 0 Å². The number of aromatic amines is 1. The SMILES string of the molecule is COC(=O)c1n[nH]c(=O)c2ccc(-c3cnn(C)c3-c3c(F)c(Cl)cc(OC4CC4)c3C#N)cc12. The van der Waals surface area contributed by atoms with Crippen LogP contribution in [0.1, 0.15) is 28.9 Å². The second kappa shape index (κ2) is 8.52. The normalized spacial score (nSPS) is 13.0. The second-order valence-corrected chi connectivity index (χ2v) is 8.44. The fourth-order valence-electron chi connectivity index (χ4n) is 3.93. The van der Waals surface area contributed by atoms with E-state index in [-0.39, 0.29) is 50.2 Å². The van der Waals surface area contributed by atoms with Crippen LogP contribution < -0.4 is 10.3 Å². The molecule has 35 heavy (non-hydrogen) atoms. The van der Waals surface area contributed by atoms with E-state index >= 15 is 4.39 Å². The van der Waals surface area contributed by atoms with E-state index in [9.17, 15) is 14.9 Å². The maximum absolute atomic E-state index is 15.4. The predicted octanol–water partition coefficient (Wildman–Crippen LogP) is 3.98. The first-order chi connectivity index (χ1) is 16.8. The minimum absolute atomic E-state index is 0.00204. The minimum Gasteiger partial charge on any atom is -0.489 e. The van der Waals surface area contributed by atoms with Crippen LogP contribution >= 0.6 is 11.6 Å². The lowest BCUT2D eigenvalue weighted by Crippen LogP contribution is -2.15. The van der Waals surface area contributed by atoms with Crippen LogP contribution in [0.15, 0.2) is 35.3 Å². The molecule has 1 saturated carbocycles. The third-order valence-electron chi connectivity index (χ3n) is 5.77. The number of ether oxygens (including phenoxy) is 2. The smallest absolute Gasteiger partial charge is 0.359 e. The largest absolute Gasteiger partial charge is 0.489 e. The van der Waals surface area contributed by atoms with Crippen LogP contribution in [0.4, 0.5) is 4.39 Å². The number of hydrogen-bond donors (Lipinski definition) is 1. The molecule has 1 aliphatic rings. The maximum Gasteiger partial charge on any atom is 0.359 e. The summed E-state index contributed by atoms with van der Waals surface area (Å²) in [7, 11) is 2.81. The Labute approximate surface area is 202 Å². The topological polar surface area (TPSA) is 123 Å². The Morgan fingerprint density at radius 2 is 2.09 bits per heavy atom. The number of hydrogen-bond acceptors (Lipinski definition) is 7. The summed E-state index contributed by atoms with van der Waals surface area (Å²) in [6.07, 6.45) is 3.15. The van der Waals surface area contributed by atoms with Gasteiger partial charge in [0.15, 0.2) is 11.5 Å². The number of aryl methyl sites for hydroxylation is 1. The summed E-state index contributed by atoms with van der Waals surface area (Å²) in [5.74, 6) is -1.32. The molecule has 2 heterocycles. The molecule has 1 fully saturated rings. The van der Waals surface area contributed by atoms with Gasteiger partial charge in [-0.25, -0.2) is 14.3 Å². The van der Waals surface area contributed by atoms with Crippen molar-refractivity contribution in [1.82, 2.24) is 20.0 Å². The Bertz CT molecular complexity index is 1620. The molecule has 0 unspecified atom stereocenters. The molecule has 0 saturated heterocycles. The molecule has 0 radical (unpaired) electrons. The number of carbonyl (C=O) groups is 1. The molecule has 2 aromatic heterocycles. The Morgan fingerprint density at radius 3 is 2.77 bits per heavy atom. The van der Waals surface area contributed by atoms with E-state index in [1.54, 1.807) is 19.2 Å². The van der Waals surface area contributed by atoms with Crippen LogP contribution in [0.25, 0.3) is 33.2 Å². The molecule has 0 atom stereocenters. The van der Waals surface area contributed by atoms with Crippen LogP contribution in [0, 0.1) is 17.1 Å². The van der Waals surface area contributed by atoms with E-state index < -0.39 is 17.3 Å². The highest BCUT2D eigenvalue weighted by atomic mass is 35.5. The molecule has 1 aliphatic carbocycles. The molecular formula is C24H17ClFN5O4. The number of rotatable bonds is 5. The molecule has 9 nitrogen and oxygen atoms in total. The summed E-state index contributed by atoms with van der Waals surface area (Å²) in [6.45, 7) is 0. The highest BCUT2D eigenvalue weighted by molar-refractivity contribution is 6.31. The van der Waals surface area contributed by atoms with Crippen LogP contribution in [-0.2, 0) is 11.8 Å². The zero-order valence-corrected chi connectivity index (χ0v) is 19.3. The summed E-state index contributed by atoms with van der Waals surface area (Å²) in [5, 5.41) is 20.6. The predicted molar refractivity (Wildman–Crippen MR) is 125 cm³/mol. The monoisotopic (exact) mass is 493 g/mol. The summed E-state index contributed by atoms with van der Waals surface area (Å²) in [6, 6.07) is 8.08. The molecule has 1 N–H and O–H groups in total. The number of nitrogens with one attached hydrogen (secondary N) is 1. The zero-order chi connectivity index (χ0) is 24.9. The van der Waals surface area contributed by atoms with Gasteiger partial charge in [-0.1, -0.05) is 17.7 Å². The van der Waals surface area contributed by atoms with Gasteiger partial charge in [-0.2, -0.15) is 15.5 Å². The van der Waals surface area contributed by atoms with Gasteiger partial charge in [-0.3, -0.25) is 9.48 Å². The third kappa shape index (κ3) is 3.80. The molecule has 0 bridgehead atoms. The first kappa shape index (κ1) is 22.6. The fraction of sp³-hybridized carbons (Fsp3) is 0.208. The lowest BCUT2D eigenvalue weighted by Gasteiger charge is -2.15. The lowest BCUT2D eigenvalue weighted by molar-refractivity contribution is 0.0595. The molecule has 4 aromatic rings. The third-order valence-corrected chi connectivity index (χ3v) is 6.04. The maximum atomic E-state index is 15.4. The van der Waals surface area contributed by atoms with E-state index in [0.29, 0.717) is 11.1 Å². The molecular weight excluding hydrogens is 477 g/mol. The lowest BCUT2D eigenvalue weighted by atomic mass is 9.95.